The van der Waals surface area contributed by atoms with E-state index >= 15 is 0 Å². The summed E-state index contributed by atoms with van der Waals surface area (Å²) in [7, 11) is 0. The highest BCUT2D eigenvalue weighted by Gasteiger charge is 2.38. The molecule has 2 saturated heterocycles. The van der Waals surface area contributed by atoms with Gasteiger partial charge in [-0.15, -0.1) is 0 Å². The molecule has 0 spiro atoms. The first-order valence-corrected chi connectivity index (χ1v) is 8.71. The minimum absolute atomic E-state index is 0.0407. The number of ketones is 1. The molecule has 3 heterocycles. The molecule has 2 aliphatic heterocycles. The summed E-state index contributed by atoms with van der Waals surface area (Å²) in [4.78, 5) is 28.2. The number of β-amino-alcohol motifs (C(OH)–C–C–N with tert-alkyl or cyclic N) is 1. The van der Waals surface area contributed by atoms with E-state index in [1.54, 1.807) is 23.4 Å². The maximum atomic E-state index is 12.7. The molecule has 0 saturated carbocycles. The molecule has 0 bridgehead atoms. The Hall–Kier alpha value is -1.77. The van der Waals surface area contributed by atoms with E-state index in [0.29, 0.717) is 43.3 Å². The number of Topliss-reactive ketones (excluding diaryl/α,β-unsaturated/α-hetero) is 1. The lowest BCUT2D eigenvalue weighted by atomic mass is 10.1. The van der Waals surface area contributed by atoms with Crippen LogP contribution in [0, 0.1) is 13.8 Å². The van der Waals surface area contributed by atoms with E-state index in [0.717, 1.165) is 13.1 Å². The molecule has 1 aromatic rings. The monoisotopic (exact) mass is 350 g/mol. The van der Waals surface area contributed by atoms with Crippen molar-refractivity contribution in [1.29, 1.82) is 0 Å². The molecule has 1 N–H and O–H groups in total. The summed E-state index contributed by atoms with van der Waals surface area (Å²) in [6, 6.07) is -0.0407. The van der Waals surface area contributed by atoms with Gasteiger partial charge in [0, 0.05) is 31.9 Å². The number of hydrogen-bond donors (Lipinski definition) is 1. The third kappa shape index (κ3) is 3.61. The van der Waals surface area contributed by atoms with Crippen molar-refractivity contribution < 1.29 is 19.4 Å². The van der Waals surface area contributed by atoms with Crippen LogP contribution in [0.4, 0.5) is 0 Å². The van der Waals surface area contributed by atoms with E-state index in [1.807, 2.05) is 0 Å². The quantitative estimate of drug-likeness (QED) is 0.744. The Bertz CT molecular complexity index is 666. The minimum Gasteiger partial charge on any atom is -0.390 e. The molecule has 1 aromatic heterocycles. The first-order valence-electron chi connectivity index (χ1n) is 8.71. The molecule has 2 fully saturated rings. The van der Waals surface area contributed by atoms with Gasteiger partial charge in [-0.05, 0) is 20.8 Å². The molecule has 8 nitrogen and oxygen atoms in total. The number of ether oxygens (including phenoxy) is 1. The number of amides is 1. The van der Waals surface area contributed by atoms with Crippen LogP contribution in [-0.2, 0) is 16.1 Å². The molecular formula is C17H26N4O4. The van der Waals surface area contributed by atoms with Gasteiger partial charge >= 0.3 is 0 Å². The van der Waals surface area contributed by atoms with E-state index < -0.39 is 6.10 Å². The second-order valence-electron chi connectivity index (χ2n) is 6.84. The number of morpholine rings is 1. The van der Waals surface area contributed by atoms with Gasteiger partial charge < -0.3 is 14.7 Å². The molecule has 8 heteroatoms. The van der Waals surface area contributed by atoms with Crippen molar-refractivity contribution in [2.45, 2.75) is 39.5 Å². The molecule has 2 aliphatic rings. The molecule has 2 atom stereocenters. The Morgan fingerprint density at radius 1 is 1.24 bits per heavy atom. The fourth-order valence-electron chi connectivity index (χ4n) is 3.83. The number of carbonyl (C=O) groups excluding carboxylic acids is 2. The predicted molar refractivity (Wildman–Crippen MR) is 90.5 cm³/mol. The largest absolute Gasteiger partial charge is 0.390 e. The number of aliphatic hydroxyl groups excluding tert-OH is 1. The molecular weight excluding hydrogens is 324 g/mol. The van der Waals surface area contributed by atoms with Gasteiger partial charge in [0.05, 0.1) is 36.6 Å². The Labute approximate surface area is 147 Å². The number of hydrogen-bond acceptors (Lipinski definition) is 6. The van der Waals surface area contributed by atoms with Gasteiger partial charge in [0.25, 0.3) is 0 Å². The summed E-state index contributed by atoms with van der Waals surface area (Å²) in [5.74, 6) is -0.131. The first kappa shape index (κ1) is 18.0. The van der Waals surface area contributed by atoms with Crippen molar-refractivity contribution in [1.82, 2.24) is 19.6 Å². The van der Waals surface area contributed by atoms with Crippen LogP contribution in [-0.4, -0.2) is 87.9 Å². The van der Waals surface area contributed by atoms with Crippen LogP contribution < -0.4 is 0 Å². The molecule has 25 heavy (non-hydrogen) atoms. The molecule has 3 rings (SSSR count). The van der Waals surface area contributed by atoms with Crippen molar-refractivity contribution in [2.75, 3.05) is 39.4 Å². The third-order valence-electron chi connectivity index (χ3n) is 5.15. The molecule has 0 radical (unpaired) electrons. The lowest BCUT2D eigenvalue weighted by Crippen LogP contribution is -2.49. The Morgan fingerprint density at radius 3 is 2.52 bits per heavy atom. The second kappa shape index (κ2) is 7.23. The third-order valence-corrected chi connectivity index (χ3v) is 5.15. The summed E-state index contributed by atoms with van der Waals surface area (Å²) < 4.78 is 6.94. The summed E-state index contributed by atoms with van der Waals surface area (Å²) in [6.07, 6.45) is -0.546. The van der Waals surface area contributed by atoms with Crippen molar-refractivity contribution in [3.63, 3.8) is 0 Å². The Morgan fingerprint density at radius 2 is 1.92 bits per heavy atom. The Kier molecular flexibility index (Phi) is 5.21. The van der Waals surface area contributed by atoms with Crippen molar-refractivity contribution in [2.24, 2.45) is 0 Å². The second-order valence-corrected chi connectivity index (χ2v) is 6.84. The van der Waals surface area contributed by atoms with E-state index in [9.17, 15) is 14.7 Å². The molecule has 0 aliphatic carbocycles. The minimum atomic E-state index is -0.546. The molecule has 138 valence electrons. The standard InChI is InChI=1S/C17H26N4O4/c1-11-17(13(3)22)12(2)21(18-11)10-16(24)20-8-14(15(23)9-20)19-4-6-25-7-5-19/h14-15,23H,4-10H2,1-3H3/t14-,15-/m0/s1. The van der Waals surface area contributed by atoms with E-state index in [-0.39, 0.29) is 24.3 Å². The van der Waals surface area contributed by atoms with Crippen LogP contribution in [0.25, 0.3) is 0 Å². The van der Waals surface area contributed by atoms with E-state index in [1.165, 1.54) is 6.92 Å². The van der Waals surface area contributed by atoms with Crippen LogP contribution in [0.5, 0.6) is 0 Å². The zero-order valence-corrected chi connectivity index (χ0v) is 15.1. The van der Waals surface area contributed by atoms with Gasteiger partial charge in [0.1, 0.15) is 6.54 Å². The zero-order chi connectivity index (χ0) is 18.1. The smallest absolute Gasteiger partial charge is 0.244 e. The highest BCUT2D eigenvalue weighted by atomic mass is 16.5. The number of likely N-dealkylation sites (tertiary alicyclic amines) is 1. The topological polar surface area (TPSA) is 87.9 Å². The van der Waals surface area contributed by atoms with Gasteiger partial charge in [-0.2, -0.15) is 5.10 Å². The van der Waals surface area contributed by atoms with Crippen LogP contribution in [0.1, 0.15) is 28.7 Å². The number of nitrogens with zero attached hydrogens (tertiary/aromatic N) is 4. The zero-order valence-electron chi connectivity index (χ0n) is 15.1. The van der Waals surface area contributed by atoms with Gasteiger partial charge in [-0.3, -0.25) is 19.2 Å². The number of aliphatic hydroxyl groups is 1. The fourth-order valence-corrected chi connectivity index (χ4v) is 3.83. The van der Waals surface area contributed by atoms with Crippen LogP contribution in [0.3, 0.4) is 0 Å². The van der Waals surface area contributed by atoms with Gasteiger partial charge in [-0.1, -0.05) is 0 Å². The number of carbonyl (C=O) groups is 2. The molecule has 0 aromatic carbocycles. The molecule has 0 unspecified atom stereocenters. The summed E-state index contributed by atoms with van der Waals surface area (Å²) >= 11 is 0. The highest BCUT2D eigenvalue weighted by molar-refractivity contribution is 5.96. The maximum absolute atomic E-state index is 12.7. The van der Waals surface area contributed by atoms with Crippen molar-refractivity contribution in [3.05, 3.63) is 17.0 Å². The number of aryl methyl sites for hydroxylation is 1. The normalized spacial score (nSPS) is 24.7. The first-order chi connectivity index (χ1) is 11.9. The van der Waals surface area contributed by atoms with Gasteiger partial charge in [0.15, 0.2) is 5.78 Å². The average Bonchev–Trinajstić information content (AvgIpc) is 3.08. The van der Waals surface area contributed by atoms with E-state index in [2.05, 4.69) is 10.00 Å². The Balaban J connectivity index is 1.66. The SMILES string of the molecule is CC(=O)c1c(C)nn(CC(=O)N2C[C@H](O)[C@@H](N3CCOCC3)C2)c1C. The number of rotatable bonds is 4. The molecule has 1 amide bonds. The summed E-state index contributed by atoms with van der Waals surface area (Å²) in [5.41, 5.74) is 1.94. The van der Waals surface area contributed by atoms with Crippen LogP contribution >= 0.6 is 0 Å². The van der Waals surface area contributed by atoms with Gasteiger partial charge in [0.2, 0.25) is 5.91 Å². The van der Waals surface area contributed by atoms with E-state index in [4.69, 9.17) is 4.74 Å². The summed E-state index contributed by atoms with van der Waals surface area (Å²) in [6.45, 7) is 8.91. The average molecular weight is 350 g/mol. The summed E-state index contributed by atoms with van der Waals surface area (Å²) in [5, 5.41) is 14.7. The lowest BCUT2D eigenvalue weighted by Gasteiger charge is -2.33. The maximum Gasteiger partial charge on any atom is 0.244 e. The van der Waals surface area contributed by atoms with Crippen LogP contribution in [0.2, 0.25) is 0 Å². The number of aromatic nitrogens is 2. The van der Waals surface area contributed by atoms with Crippen LogP contribution in [0.15, 0.2) is 0 Å². The van der Waals surface area contributed by atoms with Crippen molar-refractivity contribution >= 4 is 11.7 Å². The highest BCUT2D eigenvalue weighted by Crippen LogP contribution is 2.19. The predicted octanol–water partition coefficient (Wildman–Crippen LogP) is -0.394. The lowest BCUT2D eigenvalue weighted by molar-refractivity contribution is -0.131. The fraction of sp³-hybridized carbons (Fsp3) is 0.706. The van der Waals surface area contributed by atoms with Gasteiger partial charge in [-0.25, -0.2) is 0 Å². The van der Waals surface area contributed by atoms with Crippen molar-refractivity contribution in [3.8, 4) is 0 Å².